The van der Waals surface area contributed by atoms with Crippen LogP contribution in [0.1, 0.15) is 103 Å². The summed E-state index contributed by atoms with van der Waals surface area (Å²) in [5.41, 5.74) is 23.8. The molecule has 1 atom stereocenters. The van der Waals surface area contributed by atoms with Crippen LogP contribution in [0.15, 0.2) is 166 Å². The van der Waals surface area contributed by atoms with Crippen molar-refractivity contribution in [2.24, 2.45) is 0 Å². The van der Waals surface area contributed by atoms with Crippen LogP contribution >= 0.6 is 11.8 Å². The molecule has 2 aliphatic carbocycles. The molecular weight excluding hydrogens is 693 g/mol. The summed E-state index contributed by atoms with van der Waals surface area (Å²) in [4.78, 5) is 2.62. The lowest BCUT2D eigenvalue weighted by Crippen LogP contribution is -2.31. The Morgan fingerprint density at radius 3 is 2.12 bits per heavy atom. The van der Waals surface area contributed by atoms with Crippen LogP contribution in [0.3, 0.4) is 0 Å². The molecule has 0 heterocycles. The molecule has 5 aromatic rings. The molecule has 0 aliphatic heterocycles. The number of allylic oxidation sites excluding steroid dienone is 11. The van der Waals surface area contributed by atoms with Gasteiger partial charge in [0.1, 0.15) is 0 Å². The van der Waals surface area contributed by atoms with Crippen molar-refractivity contribution >= 4 is 22.9 Å². The lowest BCUT2D eigenvalue weighted by molar-refractivity contribution is 0.718. The smallest absolute Gasteiger partial charge is 0.0675 e. The van der Waals surface area contributed by atoms with Crippen molar-refractivity contribution in [3.63, 3.8) is 0 Å². The van der Waals surface area contributed by atoms with E-state index in [4.69, 9.17) is 0 Å². The summed E-state index contributed by atoms with van der Waals surface area (Å²) in [5.74, 6) is 0. The molecule has 1 unspecified atom stereocenters. The van der Waals surface area contributed by atoms with Crippen LogP contribution < -0.4 is 0 Å². The fourth-order valence-electron chi connectivity index (χ4n) is 9.41. The molecule has 56 heavy (non-hydrogen) atoms. The molecule has 7 rings (SSSR count). The Hall–Kier alpha value is -5.11. The Morgan fingerprint density at radius 2 is 1.36 bits per heavy atom. The first-order valence-corrected chi connectivity index (χ1v) is 21.0. The van der Waals surface area contributed by atoms with Crippen molar-refractivity contribution < 1.29 is 0 Å². The molecule has 0 aromatic heterocycles. The van der Waals surface area contributed by atoms with E-state index in [-0.39, 0.29) is 5.41 Å². The number of benzene rings is 5. The van der Waals surface area contributed by atoms with E-state index in [2.05, 4.69) is 203 Å². The van der Waals surface area contributed by atoms with Gasteiger partial charge < -0.3 is 0 Å². The van der Waals surface area contributed by atoms with Gasteiger partial charge in [0.2, 0.25) is 0 Å². The van der Waals surface area contributed by atoms with Crippen LogP contribution in [0.25, 0.3) is 22.3 Å². The van der Waals surface area contributed by atoms with Crippen molar-refractivity contribution in [3.05, 3.63) is 211 Å². The maximum absolute atomic E-state index is 2.44. The third-order valence-corrected chi connectivity index (χ3v) is 13.6. The van der Waals surface area contributed by atoms with Gasteiger partial charge in [-0.15, -0.1) is 0 Å². The number of aryl methyl sites for hydroxylation is 3. The molecule has 5 aromatic carbocycles. The third-order valence-electron chi connectivity index (χ3n) is 12.2. The molecule has 1 heteroatoms. The number of hydrogen-bond donors (Lipinski definition) is 0. The third kappa shape index (κ3) is 6.75. The highest BCUT2D eigenvalue weighted by Gasteiger charge is 2.48. The molecule has 0 saturated heterocycles. The summed E-state index contributed by atoms with van der Waals surface area (Å²) in [6.45, 7) is 22.7. The van der Waals surface area contributed by atoms with Crippen molar-refractivity contribution in [3.8, 4) is 11.1 Å². The number of fused-ring (bicyclic) bond motifs is 2. The van der Waals surface area contributed by atoms with Crippen molar-refractivity contribution in [2.45, 2.75) is 97.3 Å². The van der Waals surface area contributed by atoms with Crippen LogP contribution in [-0.4, -0.2) is 0 Å². The van der Waals surface area contributed by atoms with Gasteiger partial charge in [-0.2, -0.15) is 0 Å². The number of rotatable bonds is 9. The Balaban J connectivity index is 1.42. The van der Waals surface area contributed by atoms with Gasteiger partial charge in [0.05, 0.1) is 5.41 Å². The van der Waals surface area contributed by atoms with E-state index in [9.17, 15) is 0 Å². The van der Waals surface area contributed by atoms with Crippen molar-refractivity contribution in [1.29, 1.82) is 0 Å². The molecule has 0 fully saturated rings. The summed E-state index contributed by atoms with van der Waals surface area (Å²) in [7, 11) is 0. The van der Waals surface area contributed by atoms with Crippen molar-refractivity contribution in [2.75, 3.05) is 0 Å². The highest BCUT2D eigenvalue weighted by atomic mass is 32.2. The Labute approximate surface area is 341 Å². The lowest BCUT2D eigenvalue weighted by Gasteiger charge is -2.38. The number of hydrogen-bond acceptors (Lipinski definition) is 1. The normalized spacial score (nSPS) is 16.8. The highest BCUT2D eigenvalue weighted by Crippen LogP contribution is 2.59. The van der Waals surface area contributed by atoms with Gasteiger partial charge in [-0.05, 0) is 166 Å². The van der Waals surface area contributed by atoms with Crippen LogP contribution in [-0.2, 0) is 5.41 Å². The quantitative estimate of drug-likeness (QED) is 0.135. The molecule has 0 nitrogen and oxygen atoms in total. The second-order valence-corrected chi connectivity index (χ2v) is 17.0. The van der Waals surface area contributed by atoms with Crippen LogP contribution in [0, 0.1) is 34.6 Å². The Morgan fingerprint density at radius 1 is 0.661 bits per heavy atom. The van der Waals surface area contributed by atoms with E-state index in [1.54, 1.807) is 0 Å². The van der Waals surface area contributed by atoms with E-state index in [0.29, 0.717) is 0 Å². The topological polar surface area (TPSA) is 0 Å². The van der Waals surface area contributed by atoms with Gasteiger partial charge in [0.25, 0.3) is 0 Å². The minimum Gasteiger partial charge on any atom is -0.0889 e. The summed E-state index contributed by atoms with van der Waals surface area (Å²) < 4.78 is 0. The largest absolute Gasteiger partial charge is 0.0889 e. The van der Waals surface area contributed by atoms with Crippen LogP contribution in [0.4, 0.5) is 0 Å². The summed E-state index contributed by atoms with van der Waals surface area (Å²) in [5, 5.41) is 0. The summed E-state index contributed by atoms with van der Waals surface area (Å²) in [6, 6.07) is 36.7. The van der Waals surface area contributed by atoms with E-state index in [1.165, 1.54) is 110 Å². The van der Waals surface area contributed by atoms with E-state index in [0.717, 1.165) is 12.8 Å². The maximum atomic E-state index is 2.44. The van der Waals surface area contributed by atoms with Gasteiger partial charge >= 0.3 is 0 Å². The van der Waals surface area contributed by atoms with E-state index >= 15 is 0 Å². The Kier molecular flexibility index (Phi) is 11.3. The summed E-state index contributed by atoms with van der Waals surface area (Å²) in [6.07, 6.45) is 15.7. The standard InChI is InChI=1S/C55H56S/c1-11-12-13-22-37(5)42(10)55(50-29-18-16-25-46(50)47-26-17-19-30-51(47)55)49-31-21-32-52(41(49)9)56-54-39(7)33-36(4)34-48(54)44-27-20-28-45(40(44)8)53(35(2)3)43-24-15-14-23-38(43)6/h11-16,18-25,27-34H,17,26H2,1-10H3/b12-11-,22-13-,42-37+. The minimum absolute atomic E-state index is 0.389. The maximum Gasteiger partial charge on any atom is 0.0675 e. The van der Waals surface area contributed by atoms with E-state index in [1.807, 2.05) is 11.8 Å². The van der Waals surface area contributed by atoms with Gasteiger partial charge in [0, 0.05) is 9.79 Å². The first-order chi connectivity index (χ1) is 27.0. The predicted octanol–water partition coefficient (Wildman–Crippen LogP) is 15.8. The average Bonchev–Trinajstić information content (AvgIpc) is 3.48. The monoisotopic (exact) mass is 748 g/mol. The zero-order chi connectivity index (χ0) is 39.7. The molecule has 282 valence electrons. The fraction of sp³-hybridized carbons (Fsp3) is 0.236. The summed E-state index contributed by atoms with van der Waals surface area (Å²) >= 11 is 1.93. The second kappa shape index (κ2) is 16.2. The zero-order valence-electron chi connectivity index (χ0n) is 35.0. The first kappa shape index (κ1) is 39.1. The predicted molar refractivity (Wildman–Crippen MR) is 245 cm³/mol. The van der Waals surface area contributed by atoms with Gasteiger partial charge in [0.15, 0.2) is 0 Å². The average molecular weight is 749 g/mol. The molecule has 0 radical (unpaired) electrons. The Bertz CT molecular complexity index is 2540. The highest BCUT2D eigenvalue weighted by molar-refractivity contribution is 7.99. The van der Waals surface area contributed by atoms with Gasteiger partial charge in [-0.3, -0.25) is 0 Å². The minimum atomic E-state index is -0.389. The molecule has 0 saturated carbocycles. The molecule has 0 bridgehead atoms. The van der Waals surface area contributed by atoms with Crippen LogP contribution in [0.2, 0.25) is 0 Å². The zero-order valence-corrected chi connectivity index (χ0v) is 35.8. The molecule has 0 N–H and O–H groups in total. The van der Waals surface area contributed by atoms with Crippen molar-refractivity contribution in [1.82, 2.24) is 0 Å². The molecule has 0 amide bonds. The first-order valence-electron chi connectivity index (χ1n) is 20.2. The second-order valence-electron chi connectivity index (χ2n) is 16.0. The van der Waals surface area contributed by atoms with E-state index < -0.39 is 0 Å². The van der Waals surface area contributed by atoms with Gasteiger partial charge in [-0.1, -0.05) is 161 Å². The molecule has 0 spiro atoms. The lowest BCUT2D eigenvalue weighted by atomic mass is 9.64. The van der Waals surface area contributed by atoms with Gasteiger partial charge in [-0.25, -0.2) is 0 Å². The SMILES string of the molecule is C\C=C/C=C\C(C)=C(/C)C1(c2cccc(Sc3c(C)cc(C)cc3-c3cccc(C(=C(C)C)c4ccccc4C)c3C)c2C)C2=C(CCC=C2)c2ccccc21. The fourth-order valence-corrected chi connectivity index (χ4v) is 10.5. The molecular formula is C55H56S. The van der Waals surface area contributed by atoms with Crippen LogP contribution in [0.5, 0.6) is 0 Å². The molecule has 2 aliphatic rings.